The molecule has 0 bridgehead atoms. The van der Waals surface area contributed by atoms with E-state index in [4.69, 9.17) is 28.9 Å². The number of halogens is 2. The predicted octanol–water partition coefficient (Wildman–Crippen LogP) is 3.37. The first kappa shape index (κ1) is 13.7. The molecule has 0 heterocycles. The summed E-state index contributed by atoms with van der Waals surface area (Å²) < 4.78 is 0.174. The summed E-state index contributed by atoms with van der Waals surface area (Å²) >= 11 is 12.1. The number of nitrogens with two attached hydrogens (primary N) is 1. The Balaban J connectivity index is 2.63. The summed E-state index contributed by atoms with van der Waals surface area (Å²) in [4.78, 5) is 12.0. The molecule has 18 heavy (non-hydrogen) atoms. The molecule has 1 amide bonds. The van der Waals surface area contributed by atoms with E-state index in [1.807, 2.05) is 25.2 Å². The fraction of sp³-hybridized carbons (Fsp3) is 0.500. The van der Waals surface area contributed by atoms with E-state index >= 15 is 0 Å². The third-order valence-electron chi connectivity index (χ3n) is 4.28. The van der Waals surface area contributed by atoms with Crippen LogP contribution in [0.5, 0.6) is 0 Å². The summed E-state index contributed by atoms with van der Waals surface area (Å²) in [5, 5.41) is 0. The first-order valence-corrected chi connectivity index (χ1v) is 6.81. The minimum atomic E-state index is -0.818. The van der Waals surface area contributed by atoms with Crippen LogP contribution in [0.3, 0.4) is 0 Å². The van der Waals surface area contributed by atoms with Gasteiger partial charge in [-0.1, -0.05) is 48.4 Å². The Labute approximate surface area is 118 Å². The van der Waals surface area contributed by atoms with Crippen LogP contribution in [-0.2, 0) is 4.79 Å². The van der Waals surface area contributed by atoms with E-state index in [2.05, 4.69) is 13.0 Å². The Bertz CT molecular complexity index is 462. The highest BCUT2D eigenvalue weighted by Gasteiger charge is 2.56. The van der Waals surface area contributed by atoms with Gasteiger partial charge in [-0.3, -0.25) is 4.79 Å². The predicted molar refractivity (Wildman–Crippen MR) is 73.7 cm³/mol. The van der Waals surface area contributed by atoms with E-state index in [1.165, 1.54) is 0 Å². The molecule has 2 nitrogen and oxygen atoms in total. The Morgan fingerprint density at radius 3 is 2.72 bits per heavy atom. The second-order valence-electron chi connectivity index (χ2n) is 5.03. The van der Waals surface area contributed by atoms with Crippen molar-refractivity contribution in [3.05, 3.63) is 34.4 Å². The number of carbonyl (C=O) groups is 1. The van der Waals surface area contributed by atoms with Crippen molar-refractivity contribution in [1.82, 2.24) is 0 Å². The molecule has 0 saturated heterocycles. The zero-order valence-electron chi connectivity index (χ0n) is 10.4. The standard InChI is InChI=1S/C14H16Cl2NO/c1-3-8-9-6-4-5-7-10(9)14(2,13(17)18)11(8)12(15)16/h4-5,7-10H,3H2,1-2H3,(H2,17,18). The maximum Gasteiger partial charge on any atom is 0.228 e. The maximum absolute atomic E-state index is 12.0. The van der Waals surface area contributed by atoms with Gasteiger partial charge in [-0.25, -0.2) is 0 Å². The molecule has 0 aromatic heterocycles. The molecule has 2 aliphatic carbocycles. The number of rotatable bonds is 2. The van der Waals surface area contributed by atoms with E-state index in [-0.39, 0.29) is 28.2 Å². The van der Waals surface area contributed by atoms with Crippen molar-refractivity contribution in [2.45, 2.75) is 20.3 Å². The quantitative estimate of drug-likeness (QED) is 0.830. The molecule has 4 atom stereocenters. The van der Waals surface area contributed by atoms with Crippen LogP contribution in [0.4, 0.5) is 0 Å². The van der Waals surface area contributed by atoms with Crippen LogP contribution in [0.25, 0.3) is 0 Å². The van der Waals surface area contributed by atoms with Gasteiger partial charge in [0.25, 0.3) is 0 Å². The summed E-state index contributed by atoms with van der Waals surface area (Å²) in [7, 11) is 0. The first-order chi connectivity index (χ1) is 8.44. The number of carbonyl (C=O) groups excluding carboxylic acids is 1. The molecule has 0 spiro atoms. The molecule has 2 N–H and O–H groups in total. The number of hydrogen-bond acceptors (Lipinski definition) is 1. The van der Waals surface area contributed by atoms with Gasteiger partial charge < -0.3 is 5.73 Å². The second kappa shape index (κ2) is 4.75. The third-order valence-corrected chi connectivity index (χ3v) is 4.68. The largest absolute Gasteiger partial charge is 0.369 e. The highest BCUT2D eigenvalue weighted by Crippen LogP contribution is 2.58. The van der Waals surface area contributed by atoms with Crippen LogP contribution in [0.15, 0.2) is 28.3 Å². The van der Waals surface area contributed by atoms with E-state index in [0.29, 0.717) is 0 Å². The van der Waals surface area contributed by atoms with Crippen LogP contribution in [0.2, 0.25) is 0 Å². The Kier molecular flexibility index (Phi) is 3.61. The van der Waals surface area contributed by atoms with Crippen molar-refractivity contribution in [1.29, 1.82) is 0 Å². The van der Waals surface area contributed by atoms with Gasteiger partial charge in [-0.15, -0.1) is 0 Å². The van der Waals surface area contributed by atoms with E-state index in [0.717, 1.165) is 12.0 Å². The van der Waals surface area contributed by atoms with Crippen LogP contribution in [-0.4, -0.2) is 5.91 Å². The van der Waals surface area contributed by atoms with Gasteiger partial charge in [0.15, 0.2) is 0 Å². The molecule has 2 aliphatic rings. The highest BCUT2D eigenvalue weighted by molar-refractivity contribution is 6.56. The van der Waals surface area contributed by atoms with Gasteiger partial charge in [0, 0.05) is 5.92 Å². The molecule has 1 saturated carbocycles. The molecule has 4 heteroatoms. The van der Waals surface area contributed by atoms with Gasteiger partial charge in [0.2, 0.25) is 5.91 Å². The number of fused-ring (bicyclic) bond motifs is 1. The number of hydrogen-bond donors (Lipinski definition) is 1. The summed E-state index contributed by atoms with van der Waals surface area (Å²) in [6, 6.07) is 0. The first-order valence-electron chi connectivity index (χ1n) is 6.06. The van der Waals surface area contributed by atoms with E-state index < -0.39 is 5.41 Å². The molecule has 1 radical (unpaired) electrons. The minimum absolute atomic E-state index is 0.00699. The van der Waals surface area contributed by atoms with Crippen molar-refractivity contribution in [3.63, 3.8) is 0 Å². The smallest absolute Gasteiger partial charge is 0.228 e. The number of allylic oxidation sites excluding steroid dienone is 4. The normalized spacial score (nSPS) is 37.8. The van der Waals surface area contributed by atoms with Crippen molar-refractivity contribution < 1.29 is 4.79 Å². The highest BCUT2D eigenvalue weighted by atomic mass is 35.5. The minimum Gasteiger partial charge on any atom is -0.369 e. The third kappa shape index (κ3) is 1.74. The summed E-state index contributed by atoms with van der Waals surface area (Å²) in [6.07, 6.45) is 9.96. The molecule has 0 aromatic rings. The molecule has 1 fully saturated rings. The lowest BCUT2D eigenvalue weighted by Crippen LogP contribution is -2.39. The average Bonchev–Trinajstić information content (AvgIpc) is 2.60. The zero-order valence-corrected chi connectivity index (χ0v) is 11.9. The topological polar surface area (TPSA) is 43.1 Å². The molecule has 0 aliphatic heterocycles. The van der Waals surface area contributed by atoms with Crippen molar-refractivity contribution in [3.8, 4) is 0 Å². The summed E-state index contributed by atoms with van der Waals surface area (Å²) in [6.45, 7) is 3.89. The molecule has 4 unspecified atom stereocenters. The lowest BCUT2D eigenvalue weighted by molar-refractivity contribution is -0.126. The maximum atomic E-state index is 12.0. The van der Waals surface area contributed by atoms with Crippen LogP contribution in [0.1, 0.15) is 20.3 Å². The molecular weight excluding hydrogens is 269 g/mol. The van der Waals surface area contributed by atoms with Crippen LogP contribution >= 0.6 is 23.2 Å². The van der Waals surface area contributed by atoms with Crippen LogP contribution < -0.4 is 5.73 Å². The van der Waals surface area contributed by atoms with Crippen molar-refractivity contribution in [2.24, 2.45) is 28.9 Å². The SMILES string of the molecule is CCC1C(=C(Cl)Cl)C(C)(C(N)=O)C2C=CC=[C]C12. The van der Waals surface area contributed by atoms with Crippen molar-refractivity contribution in [2.75, 3.05) is 0 Å². The Morgan fingerprint density at radius 1 is 1.56 bits per heavy atom. The van der Waals surface area contributed by atoms with E-state index in [1.54, 1.807) is 0 Å². The van der Waals surface area contributed by atoms with Gasteiger partial charge >= 0.3 is 0 Å². The van der Waals surface area contributed by atoms with Crippen LogP contribution in [0, 0.1) is 29.2 Å². The average molecular weight is 285 g/mol. The monoisotopic (exact) mass is 284 g/mol. The fourth-order valence-electron chi connectivity index (χ4n) is 3.32. The second-order valence-corrected chi connectivity index (χ2v) is 5.97. The van der Waals surface area contributed by atoms with Gasteiger partial charge in [0.05, 0.1) is 5.41 Å². The van der Waals surface area contributed by atoms with Crippen molar-refractivity contribution >= 4 is 29.1 Å². The summed E-state index contributed by atoms with van der Waals surface area (Å²) in [5.74, 6) is -0.137. The Hall–Kier alpha value is -0.730. The number of amides is 1. The lowest BCUT2D eigenvalue weighted by atomic mass is 9.73. The Morgan fingerprint density at radius 2 is 2.22 bits per heavy atom. The lowest BCUT2D eigenvalue weighted by Gasteiger charge is -2.30. The molecule has 97 valence electrons. The van der Waals surface area contributed by atoms with Gasteiger partial charge in [0.1, 0.15) is 4.49 Å². The number of primary amides is 1. The fourth-order valence-corrected chi connectivity index (χ4v) is 3.99. The van der Waals surface area contributed by atoms with Gasteiger partial charge in [-0.2, -0.15) is 0 Å². The molecule has 0 aromatic carbocycles. The molecule has 2 rings (SSSR count). The van der Waals surface area contributed by atoms with E-state index in [9.17, 15) is 4.79 Å². The van der Waals surface area contributed by atoms with Gasteiger partial charge in [-0.05, 0) is 36.8 Å². The zero-order chi connectivity index (χ0) is 13.5. The molecular formula is C14H16Cl2NO. The summed E-state index contributed by atoms with van der Waals surface area (Å²) in [5.41, 5.74) is 5.57.